The second-order valence-corrected chi connectivity index (χ2v) is 5.19. The fourth-order valence-corrected chi connectivity index (χ4v) is 2.11. The first-order valence-corrected chi connectivity index (χ1v) is 6.81. The second kappa shape index (κ2) is 6.58. The Morgan fingerprint density at radius 2 is 2.14 bits per heavy atom. The average Bonchev–Trinajstić information content (AvgIpc) is 3.24. The highest BCUT2D eigenvalue weighted by Gasteiger charge is 2.49. The highest BCUT2D eigenvalue weighted by Crippen LogP contribution is 2.49. The number of hydrogen-bond acceptors (Lipinski definition) is 4. The van der Waals surface area contributed by atoms with Gasteiger partial charge in [-0.25, -0.2) is 4.79 Å². The van der Waals surface area contributed by atoms with E-state index < -0.39 is 12.6 Å². The third-order valence-corrected chi connectivity index (χ3v) is 3.57. The summed E-state index contributed by atoms with van der Waals surface area (Å²) in [5, 5.41) is 11.4. The van der Waals surface area contributed by atoms with E-state index in [1.165, 1.54) is 0 Å². The summed E-state index contributed by atoms with van der Waals surface area (Å²) >= 11 is 0. The van der Waals surface area contributed by atoms with Crippen molar-refractivity contribution < 1.29 is 24.2 Å². The van der Waals surface area contributed by atoms with Crippen molar-refractivity contribution in [2.24, 2.45) is 5.41 Å². The Balaban J connectivity index is 1.95. The zero-order chi connectivity index (χ0) is 15.3. The van der Waals surface area contributed by atoms with Gasteiger partial charge in [0.15, 0.2) is 6.61 Å². The molecule has 1 aliphatic carbocycles. The van der Waals surface area contributed by atoms with E-state index in [-0.39, 0.29) is 11.3 Å². The fourth-order valence-electron chi connectivity index (χ4n) is 2.11. The van der Waals surface area contributed by atoms with Crippen LogP contribution in [-0.4, -0.2) is 37.3 Å². The van der Waals surface area contributed by atoms with Crippen LogP contribution in [0.1, 0.15) is 19.3 Å². The number of benzene rings is 1. The van der Waals surface area contributed by atoms with Crippen LogP contribution in [0.5, 0.6) is 5.75 Å². The van der Waals surface area contributed by atoms with E-state index in [1.54, 1.807) is 31.4 Å². The molecule has 21 heavy (non-hydrogen) atoms. The van der Waals surface area contributed by atoms with E-state index in [0.29, 0.717) is 24.5 Å². The number of carboxylic acids is 1. The maximum atomic E-state index is 12.3. The van der Waals surface area contributed by atoms with Crippen LogP contribution in [0.25, 0.3) is 0 Å². The molecule has 0 aromatic heterocycles. The molecule has 2 rings (SSSR count). The van der Waals surface area contributed by atoms with Crippen molar-refractivity contribution in [2.45, 2.75) is 19.3 Å². The monoisotopic (exact) mass is 293 g/mol. The third-order valence-electron chi connectivity index (χ3n) is 3.57. The molecule has 1 amide bonds. The van der Waals surface area contributed by atoms with Crippen LogP contribution in [-0.2, 0) is 14.3 Å². The highest BCUT2D eigenvalue weighted by atomic mass is 16.5. The molecule has 114 valence electrons. The van der Waals surface area contributed by atoms with Crippen molar-refractivity contribution in [3.8, 4) is 5.75 Å². The van der Waals surface area contributed by atoms with E-state index in [4.69, 9.17) is 14.6 Å². The molecule has 0 spiro atoms. The molecular formula is C15H19NO5. The van der Waals surface area contributed by atoms with Gasteiger partial charge in [0.2, 0.25) is 5.91 Å². The highest BCUT2D eigenvalue weighted by molar-refractivity contribution is 5.97. The molecule has 1 aliphatic rings. The Labute approximate surface area is 123 Å². The number of carbonyl (C=O) groups excluding carboxylic acids is 1. The Bertz CT molecular complexity index is 525. The first kappa shape index (κ1) is 15.3. The molecule has 1 aromatic carbocycles. The van der Waals surface area contributed by atoms with E-state index in [1.807, 2.05) is 0 Å². The van der Waals surface area contributed by atoms with Gasteiger partial charge in [0, 0.05) is 25.5 Å². The predicted octanol–water partition coefficient (Wildman–Crippen LogP) is 1.91. The number of rotatable bonds is 8. The topological polar surface area (TPSA) is 84.9 Å². The van der Waals surface area contributed by atoms with Crippen molar-refractivity contribution in [3.05, 3.63) is 24.3 Å². The Hall–Kier alpha value is -2.08. The van der Waals surface area contributed by atoms with E-state index in [2.05, 4.69) is 5.32 Å². The van der Waals surface area contributed by atoms with Gasteiger partial charge < -0.3 is 19.9 Å². The summed E-state index contributed by atoms with van der Waals surface area (Å²) in [7, 11) is 1.62. The first-order chi connectivity index (χ1) is 10.1. The number of amides is 1. The minimum Gasteiger partial charge on any atom is -0.482 e. The zero-order valence-corrected chi connectivity index (χ0v) is 11.9. The standard InChI is InChI=1S/C15H19NO5/c1-20-8-7-15(5-6-15)14(19)16-11-3-2-4-12(9-11)21-10-13(17)18/h2-4,9H,5-8,10H2,1H3,(H,16,19)(H,17,18). The summed E-state index contributed by atoms with van der Waals surface area (Å²) in [6.45, 7) is 0.157. The fraction of sp³-hybridized carbons (Fsp3) is 0.467. The largest absolute Gasteiger partial charge is 0.482 e. The van der Waals surface area contributed by atoms with Crippen LogP contribution in [0, 0.1) is 5.41 Å². The van der Waals surface area contributed by atoms with Crippen LogP contribution in [0.4, 0.5) is 5.69 Å². The molecule has 2 N–H and O–H groups in total. The number of hydrogen-bond donors (Lipinski definition) is 2. The number of anilines is 1. The molecule has 0 heterocycles. The molecule has 0 bridgehead atoms. The van der Waals surface area contributed by atoms with Gasteiger partial charge in [0.25, 0.3) is 0 Å². The number of ether oxygens (including phenoxy) is 2. The molecule has 0 radical (unpaired) electrons. The van der Waals surface area contributed by atoms with Gasteiger partial charge in [0.1, 0.15) is 5.75 Å². The van der Waals surface area contributed by atoms with Gasteiger partial charge >= 0.3 is 5.97 Å². The molecule has 1 fully saturated rings. The van der Waals surface area contributed by atoms with Crippen molar-refractivity contribution >= 4 is 17.6 Å². The average molecular weight is 293 g/mol. The van der Waals surface area contributed by atoms with Gasteiger partial charge in [-0.2, -0.15) is 0 Å². The lowest BCUT2D eigenvalue weighted by molar-refractivity contribution is -0.139. The summed E-state index contributed by atoms with van der Waals surface area (Å²) < 4.78 is 10.1. The zero-order valence-electron chi connectivity index (χ0n) is 11.9. The van der Waals surface area contributed by atoms with Crippen molar-refractivity contribution in [3.63, 3.8) is 0 Å². The molecule has 1 aromatic rings. The van der Waals surface area contributed by atoms with Crippen molar-refractivity contribution in [1.29, 1.82) is 0 Å². The Morgan fingerprint density at radius 1 is 1.38 bits per heavy atom. The number of carbonyl (C=O) groups is 2. The molecule has 0 atom stereocenters. The van der Waals surface area contributed by atoms with Gasteiger partial charge in [0.05, 0.1) is 5.41 Å². The summed E-state index contributed by atoms with van der Waals surface area (Å²) in [4.78, 5) is 22.7. The Kier molecular flexibility index (Phi) is 4.80. The minimum atomic E-state index is -1.04. The molecular weight excluding hydrogens is 274 g/mol. The van der Waals surface area contributed by atoms with Gasteiger partial charge in [-0.05, 0) is 31.4 Å². The second-order valence-electron chi connectivity index (χ2n) is 5.19. The summed E-state index contributed by atoms with van der Waals surface area (Å²) in [6.07, 6.45) is 2.46. The number of methoxy groups -OCH3 is 1. The number of aliphatic carboxylic acids is 1. The van der Waals surface area contributed by atoms with Crippen LogP contribution in [0.2, 0.25) is 0 Å². The maximum absolute atomic E-state index is 12.3. The molecule has 0 aliphatic heterocycles. The summed E-state index contributed by atoms with van der Waals surface area (Å²) in [6, 6.07) is 6.73. The molecule has 0 unspecified atom stereocenters. The predicted molar refractivity (Wildman–Crippen MR) is 76.4 cm³/mol. The summed E-state index contributed by atoms with van der Waals surface area (Å²) in [5.41, 5.74) is 0.292. The van der Waals surface area contributed by atoms with Crippen LogP contribution >= 0.6 is 0 Å². The third kappa shape index (κ3) is 4.19. The minimum absolute atomic E-state index is 0.0186. The molecule has 6 heteroatoms. The first-order valence-electron chi connectivity index (χ1n) is 6.81. The van der Waals surface area contributed by atoms with Crippen molar-refractivity contribution in [1.82, 2.24) is 0 Å². The lowest BCUT2D eigenvalue weighted by Crippen LogP contribution is -2.25. The van der Waals surface area contributed by atoms with Crippen LogP contribution in [0.3, 0.4) is 0 Å². The SMILES string of the molecule is COCCC1(C(=O)Nc2cccc(OCC(=O)O)c2)CC1. The van der Waals surface area contributed by atoms with Crippen molar-refractivity contribution in [2.75, 3.05) is 25.6 Å². The quantitative estimate of drug-likeness (QED) is 0.764. The van der Waals surface area contributed by atoms with Gasteiger partial charge in [-0.3, -0.25) is 4.79 Å². The van der Waals surface area contributed by atoms with E-state index in [0.717, 1.165) is 12.8 Å². The molecule has 0 saturated heterocycles. The van der Waals surface area contributed by atoms with Crippen LogP contribution in [0.15, 0.2) is 24.3 Å². The lowest BCUT2D eigenvalue weighted by Gasteiger charge is -2.15. The normalized spacial score (nSPS) is 15.3. The van der Waals surface area contributed by atoms with E-state index in [9.17, 15) is 9.59 Å². The van der Waals surface area contributed by atoms with Gasteiger partial charge in [-0.1, -0.05) is 6.07 Å². The Morgan fingerprint density at radius 3 is 2.76 bits per heavy atom. The smallest absolute Gasteiger partial charge is 0.341 e. The van der Waals surface area contributed by atoms with Crippen LogP contribution < -0.4 is 10.1 Å². The molecule has 6 nitrogen and oxygen atoms in total. The summed E-state index contributed by atoms with van der Waals surface area (Å²) in [5.74, 6) is -0.646. The maximum Gasteiger partial charge on any atom is 0.341 e. The van der Waals surface area contributed by atoms with E-state index >= 15 is 0 Å². The number of nitrogens with one attached hydrogen (secondary N) is 1. The lowest BCUT2D eigenvalue weighted by atomic mass is 10.0. The molecule has 1 saturated carbocycles. The number of carboxylic acid groups (broad SMARTS) is 1. The van der Waals surface area contributed by atoms with Gasteiger partial charge in [-0.15, -0.1) is 0 Å².